The predicted octanol–water partition coefficient (Wildman–Crippen LogP) is 2.82. The number of hydrogen-bond acceptors (Lipinski definition) is 2. The third-order valence-corrected chi connectivity index (χ3v) is 4.94. The fourth-order valence-corrected chi connectivity index (χ4v) is 3.92. The first-order chi connectivity index (χ1) is 9.97. The molecule has 2 fully saturated rings. The molecule has 4 nitrogen and oxygen atoms in total. The maximum absolute atomic E-state index is 13.5. The molecule has 2 saturated carbocycles. The normalized spacial score (nSPS) is 30.4. The molecule has 2 aliphatic rings. The van der Waals surface area contributed by atoms with Gasteiger partial charge in [-0.05, 0) is 55.7 Å². The summed E-state index contributed by atoms with van der Waals surface area (Å²) >= 11 is 0. The van der Waals surface area contributed by atoms with E-state index in [2.05, 4.69) is 5.32 Å². The van der Waals surface area contributed by atoms with E-state index in [4.69, 9.17) is 0 Å². The van der Waals surface area contributed by atoms with Crippen LogP contribution in [0.15, 0.2) is 18.2 Å². The average Bonchev–Trinajstić information content (AvgIpc) is 3.03. The molecule has 3 rings (SSSR count). The summed E-state index contributed by atoms with van der Waals surface area (Å²) in [6, 6.07) is 4.51. The molecule has 1 aromatic carbocycles. The molecule has 0 heterocycles. The summed E-state index contributed by atoms with van der Waals surface area (Å²) in [6.45, 7) is 1.65. The third-order valence-electron chi connectivity index (χ3n) is 4.94. The highest BCUT2D eigenvalue weighted by Gasteiger charge is 2.53. The molecule has 2 N–H and O–H groups in total. The lowest BCUT2D eigenvalue weighted by Crippen LogP contribution is -2.37. The number of carbonyl (C=O) groups excluding carboxylic acids is 1. The summed E-state index contributed by atoms with van der Waals surface area (Å²) in [7, 11) is 0. The van der Waals surface area contributed by atoms with Crippen LogP contribution in [0, 0.1) is 36.4 Å². The Balaban J connectivity index is 1.78. The van der Waals surface area contributed by atoms with Gasteiger partial charge >= 0.3 is 5.97 Å². The number of hydrogen-bond donors (Lipinski definition) is 2. The fourth-order valence-electron chi connectivity index (χ4n) is 3.92. The van der Waals surface area contributed by atoms with Crippen molar-refractivity contribution < 1.29 is 19.1 Å². The summed E-state index contributed by atoms with van der Waals surface area (Å²) in [5.74, 6) is -2.40. The molecule has 1 aromatic rings. The van der Waals surface area contributed by atoms with Gasteiger partial charge in [-0.2, -0.15) is 0 Å². The van der Waals surface area contributed by atoms with E-state index in [0.29, 0.717) is 11.3 Å². The van der Waals surface area contributed by atoms with Crippen LogP contribution in [-0.4, -0.2) is 17.0 Å². The second-order valence-electron chi connectivity index (χ2n) is 6.18. The molecule has 0 spiro atoms. The van der Waals surface area contributed by atoms with Crippen LogP contribution in [0.2, 0.25) is 0 Å². The van der Waals surface area contributed by atoms with Crippen LogP contribution in [0.4, 0.5) is 10.1 Å². The zero-order valence-electron chi connectivity index (χ0n) is 11.8. The van der Waals surface area contributed by atoms with Gasteiger partial charge in [-0.3, -0.25) is 9.59 Å². The number of carbonyl (C=O) groups is 2. The van der Waals surface area contributed by atoms with Crippen molar-refractivity contribution in [3.8, 4) is 0 Å². The number of amides is 1. The maximum atomic E-state index is 13.5. The monoisotopic (exact) mass is 291 g/mol. The van der Waals surface area contributed by atoms with Crippen molar-refractivity contribution in [2.75, 3.05) is 5.32 Å². The Morgan fingerprint density at radius 1 is 1.24 bits per heavy atom. The van der Waals surface area contributed by atoms with Crippen LogP contribution in [0.1, 0.15) is 24.8 Å². The van der Waals surface area contributed by atoms with Crippen molar-refractivity contribution in [2.24, 2.45) is 23.7 Å². The Morgan fingerprint density at radius 2 is 1.90 bits per heavy atom. The molecule has 21 heavy (non-hydrogen) atoms. The quantitative estimate of drug-likeness (QED) is 0.900. The van der Waals surface area contributed by atoms with Gasteiger partial charge in [-0.1, -0.05) is 6.07 Å². The first-order valence-electron chi connectivity index (χ1n) is 7.27. The Bertz CT molecular complexity index is 601. The maximum Gasteiger partial charge on any atom is 0.307 e. The number of benzene rings is 1. The van der Waals surface area contributed by atoms with Crippen LogP contribution in [-0.2, 0) is 9.59 Å². The summed E-state index contributed by atoms with van der Waals surface area (Å²) < 4.78 is 13.5. The third kappa shape index (κ3) is 2.41. The summed E-state index contributed by atoms with van der Waals surface area (Å²) in [4.78, 5) is 23.8. The lowest BCUT2D eigenvalue weighted by atomic mass is 9.78. The number of anilines is 1. The lowest BCUT2D eigenvalue weighted by molar-refractivity contribution is -0.148. The lowest BCUT2D eigenvalue weighted by Gasteiger charge is -2.27. The Labute approximate surface area is 122 Å². The fraction of sp³-hybridized carbons (Fsp3) is 0.500. The van der Waals surface area contributed by atoms with Crippen LogP contribution in [0.3, 0.4) is 0 Å². The zero-order valence-corrected chi connectivity index (χ0v) is 11.8. The molecule has 0 aliphatic heterocycles. The van der Waals surface area contributed by atoms with Crippen molar-refractivity contribution in [3.63, 3.8) is 0 Å². The number of nitrogens with one attached hydrogen (secondary N) is 1. The minimum absolute atomic E-state index is 0.109. The summed E-state index contributed by atoms with van der Waals surface area (Å²) in [5, 5.41) is 12.0. The first kappa shape index (κ1) is 14.0. The molecule has 5 heteroatoms. The summed E-state index contributed by atoms with van der Waals surface area (Å²) in [6.07, 6.45) is 2.62. The molecular formula is C16H18FNO3. The topological polar surface area (TPSA) is 66.4 Å². The number of carboxylic acid groups (broad SMARTS) is 1. The first-order valence-corrected chi connectivity index (χ1v) is 7.27. The number of rotatable bonds is 3. The molecule has 0 saturated heterocycles. The van der Waals surface area contributed by atoms with E-state index >= 15 is 0 Å². The Morgan fingerprint density at radius 3 is 2.52 bits per heavy atom. The van der Waals surface area contributed by atoms with E-state index in [9.17, 15) is 19.1 Å². The molecule has 2 aliphatic carbocycles. The van der Waals surface area contributed by atoms with Gasteiger partial charge in [-0.15, -0.1) is 0 Å². The van der Waals surface area contributed by atoms with Crippen LogP contribution in [0.5, 0.6) is 0 Å². The van der Waals surface area contributed by atoms with E-state index < -0.39 is 17.8 Å². The standard InChI is InChI=1S/C16H18FNO3/c1-8-2-5-11(7-12(8)17)18-15(19)13-9-3-4-10(6-9)14(13)16(20)21/h2,5,7,9-10,13-14H,3-4,6H2,1H3,(H,18,19)(H,20,21)/t9-,10-,13-,14-/m0/s1. The predicted molar refractivity (Wildman–Crippen MR) is 75.2 cm³/mol. The van der Waals surface area contributed by atoms with E-state index in [-0.39, 0.29) is 23.6 Å². The van der Waals surface area contributed by atoms with Gasteiger partial charge in [0.25, 0.3) is 0 Å². The van der Waals surface area contributed by atoms with Gasteiger partial charge < -0.3 is 10.4 Å². The molecule has 0 radical (unpaired) electrons. The molecule has 112 valence electrons. The van der Waals surface area contributed by atoms with Crippen LogP contribution >= 0.6 is 0 Å². The smallest absolute Gasteiger partial charge is 0.307 e. The number of halogens is 1. The number of aryl methyl sites for hydroxylation is 1. The highest BCUT2D eigenvalue weighted by Crippen LogP contribution is 2.52. The molecule has 4 atom stereocenters. The summed E-state index contributed by atoms with van der Waals surface area (Å²) in [5.41, 5.74) is 0.895. The van der Waals surface area contributed by atoms with Gasteiger partial charge in [0.05, 0.1) is 11.8 Å². The van der Waals surface area contributed by atoms with Gasteiger partial charge in [0, 0.05) is 5.69 Å². The molecule has 0 unspecified atom stereocenters. The average molecular weight is 291 g/mol. The van der Waals surface area contributed by atoms with Gasteiger partial charge in [-0.25, -0.2) is 4.39 Å². The largest absolute Gasteiger partial charge is 0.481 e. The van der Waals surface area contributed by atoms with Crippen molar-refractivity contribution in [1.82, 2.24) is 0 Å². The van der Waals surface area contributed by atoms with E-state index in [0.717, 1.165) is 19.3 Å². The van der Waals surface area contributed by atoms with Crippen molar-refractivity contribution >= 4 is 17.6 Å². The van der Waals surface area contributed by atoms with Gasteiger partial charge in [0.2, 0.25) is 5.91 Å². The second kappa shape index (κ2) is 5.13. The van der Waals surface area contributed by atoms with E-state index in [1.54, 1.807) is 19.1 Å². The number of fused-ring (bicyclic) bond motifs is 2. The Kier molecular flexibility index (Phi) is 3.43. The number of carboxylic acids is 1. The van der Waals surface area contributed by atoms with Crippen molar-refractivity contribution in [2.45, 2.75) is 26.2 Å². The molecule has 1 amide bonds. The molecule has 0 aromatic heterocycles. The van der Waals surface area contributed by atoms with Gasteiger partial charge in [0.1, 0.15) is 5.82 Å². The molecular weight excluding hydrogens is 273 g/mol. The van der Waals surface area contributed by atoms with E-state index in [1.807, 2.05) is 0 Å². The van der Waals surface area contributed by atoms with Crippen molar-refractivity contribution in [1.29, 1.82) is 0 Å². The minimum atomic E-state index is -0.891. The molecule has 2 bridgehead atoms. The second-order valence-corrected chi connectivity index (χ2v) is 6.18. The highest BCUT2D eigenvalue weighted by atomic mass is 19.1. The SMILES string of the molecule is Cc1ccc(NC(=O)[C@H]2[C@H]3CC[C@@H](C3)[C@@H]2C(=O)O)cc1F. The van der Waals surface area contributed by atoms with Gasteiger partial charge in [0.15, 0.2) is 0 Å². The number of aliphatic carboxylic acids is 1. The van der Waals surface area contributed by atoms with Crippen molar-refractivity contribution in [3.05, 3.63) is 29.6 Å². The zero-order chi connectivity index (χ0) is 15.1. The minimum Gasteiger partial charge on any atom is -0.481 e. The Hall–Kier alpha value is -1.91. The van der Waals surface area contributed by atoms with Crippen LogP contribution < -0.4 is 5.32 Å². The van der Waals surface area contributed by atoms with Crippen LogP contribution in [0.25, 0.3) is 0 Å². The highest BCUT2D eigenvalue weighted by molar-refractivity contribution is 5.96. The van der Waals surface area contributed by atoms with E-state index in [1.165, 1.54) is 6.07 Å².